The van der Waals surface area contributed by atoms with Gasteiger partial charge in [0.05, 0.1) is 55.2 Å². The summed E-state index contributed by atoms with van der Waals surface area (Å²) in [7, 11) is 6.51. The topological polar surface area (TPSA) is 248 Å². The summed E-state index contributed by atoms with van der Waals surface area (Å²) in [6, 6.07) is -0.704. The molecule has 3 saturated heterocycles. The molecule has 0 bridgehead atoms. The average molecular weight is 917 g/mol. The van der Waals surface area contributed by atoms with Crippen molar-refractivity contribution in [3.05, 3.63) is 23.8 Å². The summed E-state index contributed by atoms with van der Waals surface area (Å²) in [6.45, 7) is 14.2. The molecule has 0 aliphatic carbocycles. The minimum Gasteiger partial charge on any atom is -0.462 e. The fourth-order valence-corrected chi connectivity index (χ4v) is 9.65. The maximum Gasteiger partial charge on any atom is 0.308 e. The van der Waals surface area contributed by atoms with E-state index in [-0.39, 0.29) is 31.8 Å². The van der Waals surface area contributed by atoms with Gasteiger partial charge in [-0.3, -0.25) is 9.59 Å². The van der Waals surface area contributed by atoms with E-state index in [1.54, 1.807) is 52.8 Å². The Morgan fingerprint density at radius 2 is 1.52 bits per heavy atom. The number of aliphatic hydroxyl groups is 5. The summed E-state index contributed by atoms with van der Waals surface area (Å²) in [6.07, 6.45) is -7.77. The van der Waals surface area contributed by atoms with Crippen molar-refractivity contribution in [1.29, 1.82) is 0 Å². The first-order chi connectivity index (χ1) is 30.1. The number of carbonyl (C=O) groups excluding carboxylic acids is 2. The molecule has 0 amide bonds. The van der Waals surface area contributed by atoms with Gasteiger partial charge < -0.3 is 78.8 Å². The molecule has 4 rings (SSSR count). The van der Waals surface area contributed by atoms with Gasteiger partial charge in [0.1, 0.15) is 42.7 Å². The van der Waals surface area contributed by atoms with Crippen LogP contribution in [0.2, 0.25) is 0 Å². The van der Waals surface area contributed by atoms with Crippen molar-refractivity contribution in [2.45, 2.75) is 191 Å². The van der Waals surface area contributed by atoms with E-state index in [1.165, 1.54) is 27.2 Å². The van der Waals surface area contributed by atoms with Crippen LogP contribution in [-0.4, -0.2) is 187 Å². The molecular formula is C46H80N2O16. The summed E-state index contributed by atoms with van der Waals surface area (Å²) < 4.78 is 55.0. The summed E-state index contributed by atoms with van der Waals surface area (Å²) in [5, 5.41) is 55.9. The maximum absolute atomic E-state index is 13.8. The highest BCUT2D eigenvalue weighted by atomic mass is 16.7. The van der Waals surface area contributed by atoms with E-state index in [2.05, 4.69) is 0 Å². The number of cyclic esters (lactones) is 1. The second kappa shape index (κ2) is 24.3. The van der Waals surface area contributed by atoms with Gasteiger partial charge in [-0.2, -0.15) is 0 Å². The Morgan fingerprint density at radius 3 is 2.11 bits per heavy atom. The summed E-state index contributed by atoms with van der Waals surface area (Å²) in [5.74, 6) is -2.99. The zero-order valence-electron chi connectivity index (χ0n) is 40.0. The molecule has 0 aromatic heterocycles. The Morgan fingerprint density at radius 1 is 0.859 bits per heavy atom. The molecule has 21 atom stereocenters. The highest BCUT2D eigenvalue weighted by Crippen LogP contribution is 2.37. The molecule has 4 aliphatic heterocycles. The van der Waals surface area contributed by atoms with Gasteiger partial charge in [-0.1, -0.05) is 38.5 Å². The van der Waals surface area contributed by atoms with Crippen LogP contribution in [-0.2, 0) is 52.2 Å². The quantitative estimate of drug-likeness (QED) is 0.144. The molecule has 0 spiro atoms. The lowest BCUT2D eigenvalue weighted by atomic mass is 9.79. The Kier molecular flexibility index (Phi) is 20.8. The molecule has 0 radical (unpaired) electrons. The van der Waals surface area contributed by atoms with Crippen LogP contribution in [0.1, 0.15) is 87.5 Å². The largest absolute Gasteiger partial charge is 0.462 e. The number of hydrogen-bond donors (Lipinski definition) is 6. The molecule has 3 fully saturated rings. The number of esters is 1. The number of aliphatic hydroxyl groups excluding tert-OH is 4. The van der Waals surface area contributed by atoms with E-state index >= 15 is 0 Å². The molecule has 18 heteroatoms. The van der Waals surface area contributed by atoms with Gasteiger partial charge in [-0.15, -0.1) is 0 Å². The zero-order valence-corrected chi connectivity index (χ0v) is 40.0. The highest BCUT2D eigenvalue weighted by molar-refractivity contribution is 5.91. The van der Waals surface area contributed by atoms with Gasteiger partial charge in [0.2, 0.25) is 0 Å². The molecular weight excluding hydrogens is 837 g/mol. The molecule has 15 unspecified atom stereocenters. The number of likely N-dealkylation sites (N-methyl/N-ethyl adjacent to an activating group) is 1. The molecule has 64 heavy (non-hydrogen) atoms. The van der Waals surface area contributed by atoms with Crippen molar-refractivity contribution in [1.82, 2.24) is 4.90 Å². The van der Waals surface area contributed by atoms with Crippen LogP contribution in [0.15, 0.2) is 23.8 Å². The normalized spacial score (nSPS) is 46.0. The van der Waals surface area contributed by atoms with E-state index in [0.717, 1.165) is 5.57 Å². The number of ketones is 1. The van der Waals surface area contributed by atoms with Gasteiger partial charge in [-0.05, 0) is 86.5 Å². The fraction of sp³-hybridized carbons (Fsp3) is 0.870. The molecule has 0 aromatic rings. The number of nitrogens with zero attached hydrogens (tertiary/aromatic N) is 1. The minimum atomic E-state index is -1.47. The number of rotatable bonds is 13. The lowest BCUT2D eigenvalue weighted by Crippen LogP contribution is -2.65. The number of allylic oxidation sites excluding steroid dienone is 3. The van der Waals surface area contributed by atoms with Crippen LogP contribution in [0.25, 0.3) is 0 Å². The van der Waals surface area contributed by atoms with Crippen LogP contribution in [0.5, 0.6) is 0 Å². The Hall–Kier alpha value is -1.98. The number of nitrogens with two attached hydrogens (primary N) is 1. The lowest BCUT2D eigenvalue weighted by Gasteiger charge is -2.50. The summed E-state index contributed by atoms with van der Waals surface area (Å²) in [5.41, 5.74) is 5.43. The van der Waals surface area contributed by atoms with Crippen LogP contribution in [0.4, 0.5) is 0 Å². The van der Waals surface area contributed by atoms with Gasteiger partial charge >= 0.3 is 5.97 Å². The SMILES string of the molecule is CC[C@H]1OC(=O)C[C@@H](O)[C@H](C)[C@@H](OC2OC(C)C(OC3CC(C)(O)C(O)C(C)O3)C(N(C)C)C2O)[C@@H](CCN)C[C@@H](C)C(=O)/C=C/C(C)=C/C1COC1OC(C)C(O)C(OC)C1OC. The molecule has 7 N–H and O–H groups in total. The fourth-order valence-electron chi connectivity index (χ4n) is 9.65. The molecule has 370 valence electrons. The smallest absolute Gasteiger partial charge is 0.308 e. The predicted octanol–water partition coefficient (Wildman–Crippen LogP) is 1.59. The first kappa shape index (κ1) is 54.6. The van der Waals surface area contributed by atoms with Crippen LogP contribution in [0.3, 0.4) is 0 Å². The number of methoxy groups -OCH3 is 2. The van der Waals surface area contributed by atoms with Crippen molar-refractivity contribution in [3.8, 4) is 0 Å². The third-order valence-electron chi connectivity index (χ3n) is 13.6. The van der Waals surface area contributed by atoms with Crippen molar-refractivity contribution < 1.29 is 77.8 Å². The van der Waals surface area contributed by atoms with Crippen LogP contribution < -0.4 is 5.73 Å². The Balaban J connectivity index is 1.62. The standard InChI is InChI=1S/C46H80N2O16/c1-13-33-30(22-58-45-42(57-12)41(56-11)37(52)26(5)60-45)18-23(2)14-15-31(49)24(3)19-29(16-17-47)39(25(4)32(50)20-34(51)62-33)64-44-38(53)36(48(9)10)40(27(6)61-44)63-35-21-46(8,55)43(54)28(7)59-35/h14-15,18,24-30,32-33,35-45,50,52-55H,13,16-17,19-22,47H2,1-12H3/b15-14+,23-18+/t24-,25+,26?,27?,28?,29+,30?,32-,33-,35?,36?,37?,38?,39-,40?,41?,42?,43?,44?,45?,46?/m1/s1. The summed E-state index contributed by atoms with van der Waals surface area (Å²) >= 11 is 0. The van der Waals surface area contributed by atoms with E-state index in [0.29, 0.717) is 19.3 Å². The zero-order chi connectivity index (χ0) is 47.8. The van der Waals surface area contributed by atoms with Gasteiger partial charge in [0, 0.05) is 38.4 Å². The molecule has 0 aromatic carbocycles. The van der Waals surface area contributed by atoms with Gasteiger partial charge in [0.25, 0.3) is 0 Å². The van der Waals surface area contributed by atoms with Crippen molar-refractivity contribution in [3.63, 3.8) is 0 Å². The second-order valence-corrected chi connectivity index (χ2v) is 18.9. The predicted molar refractivity (Wildman–Crippen MR) is 233 cm³/mol. The molecule has 4 aliphatic rings. The van der Waals surface area contributed by atoms with Gasteiger partial charge in [0.15, 0.2) is 24.7 Å². The average Bonchev–Trinajstić information content (AvgIpc) is 3.23. The lowest BCUT2D eigenvalue weighted by molar-refractivity contribution is -0.342. The van der Waals surface area contributed by atoms with Crippen LogP contribution in [0, 0.1) is 23.7 Å². The van der Waals surface area contributed by atoms with E-state index < -0.39 is 133 Å². The maximum atomic E-state index is 13.8. The van der Waals surface area contributed by atoms with Crippen molar-refractivity contribution >= 4 is 11.8 Å². The Bertz CT molecular complexity index is 1530. The highest BCUT2D eigenvalue weighted by Gasteiger charge is 2.52. The third kappa shape index (κ3) is 13.6. The van der Waals surface area contributed by atoms with E-state index in [1.807, 2.05) is 26.8 Å². The number of ether oxygens (including phenoxy) is 9. The monoisotopic (exact) mass is 917 g/mol. The van der Waals surface area contributed by atoms with Crippen LogP contribution >= 0.6 is 0 Å². The molecule has 4 heterocycles. The summed E-state index contributed by atoms with van der Waals surface area (Å²) in [4.78, 5) is 29.4. The first-order valence-corrected chi connectivity index (χ1v) is 22.9. The van der Waals surface area contributed by atoms with E-state index in [9.17, 15) is 35.1 Å². The van der Waals surface area contributed by atoms with Crippen molar-refractivity contribution in [2.75, 3.05) is 41.5 Å². The molecule has 0 saturated carbocycles. The molecule has 18 nitrogen and oxygen atoms in total. The van der Waals surface area contributed by atoms with Gasteiger partial charge in [-0.25, -0.2) is 0 Å². The minimum absolute atomic E-state index is 0.0133. The van der Waals surface area contributed by atoms with Crippen molar-refractivity contribution in [2.24, 2.45) is 29.4 Å². The first-order valence-electron chi connectivity index (χ1n) is 22.9. The third-order valence-corrected chi connectivity index (χ3v) is 13.6. The Labute approximate surface area is 379 Å². The van der Waals surface area contributed by atoms with E-state index in [4.69, 9.17) is 48.4 Å². The number of hydrogen-bond acceptors (Lipinski definition) is 18. The number of carbonyl (C=O) groups is 2. The second-order valence-electron chi connectivity index (χ2n) is 18.9.